The lowest BCUT2D eigenvalue weighted by Crippen LogP contribution is -2.21. The molecular formula is C11H16ClFN2. The average molecular weight is 231 g/mol. The summed E-state index contributed by atoms with van der Waals surface area (Å²) in [5, 5.41) is 3.45. The van der Waals surface area contributed by atoms with Crippen molar-refractivity contribution in [2.45, 2.75) is 19.4 Å². The molecule has 4 heteroatoms. The van der Waals surface area contributed by atoms with Gasteiger partial charge in [0.2, 0.25) is 0 Å². The predicted octanol–water partition coefficient (Wildman–Crippen LogP) is 2.48. The van der Waals surface area contributed by atoms with E-state index in [0.717, 1.165) is 18.5 Å². The van der Waals surface area contributed by atoms with Crippen LogP contribution >= 0.6 is 11.6 Å². The number of nitrogens with two attached hydrogens (primary N) is 1. The highest BCUT2D eigenvalue weighted by molar-refractivity contribution is 6.30. The molecule has 0 aliphatic carbocycles. The molecule has 1 rings (SSSR count). The Bertz CT molecular complexity index is 317. The van der Waals surface area contributed by atoms with Gasteiger partial charge in [-0.05, 0) is 44.1 Å². The Morgan fingerprint density at radius 2 is 2.27 bits per heavy atom. The standard InChI is InChI=1S/C11H16ClFN2/c1-8(15-6-2-5-14)9-3-4-11(13)10(12)7-9/h3-4,7-8,15H,2,5-6,14H2,1H3. The number of hydrogen-bond acceptors (Lipinski definition) is 2. The van der Waals surface area contributed by atoms with Gasteiger partial charge in [-0.1, -0.05) is 17.7 Å². The van der Waals surface area contributed by atoms with Crippen molar-refractivity contribution in [2.75, 3.05) is 13.1 Å². The molecule has 0 fully saturated rings. The molecule has 1 atom stereocenters. The molecule has 0 heterocycles. The fraction of sp³-hybridized carbons (Fsp3) is 0.455. The quantitative estimate of drug-likeness (QED) is 0.763. The minimum absolute atomic E-state index is 0.162. The predicted molar refractivity (Wildman–Crippen MR) is 61.5 cm³/mol. The van der Waals surface area contributed by atoms with E-state index in [1.807, 2.05) is 6.92 Å². The van der Waals surface area contributed by atoms with Crippen LogP contribution in [0.2, 0.25) is 5.02 Å². The monoisotopic (exact) mass is 230 g/mol. The summed E-state index contributed by atoms with van der Waals surface area (Å²) >= 11 is 5.70. The molecule has 0 spiro atoms. The van der Waals surface area contributed by atoms with Crippen molar-refractivity contribution in [3.8, 4) is 0 Å². The maximum atomic E-state index is 12.9. The SMILES string of the molecule is CC(NCCCN)c1ccc(F)c(Cl)c1. The van der Waals surface area contributed by atoms with Crippen LogP contribution in [-0.4, -0.2) is 13.1 Å². The summed E-state index contributed by atoms with van der Waals surface area (Å²) in [6, 6.07) is 4.94. The Balaban J connectivity index is 2.57. The van der Waals surface area contributed by atoms with Crippen molar-refractivity contribution in [1.82, 2.24) is 5.32 Å². The molecule has 2 nitrogen and oxygen atoms in total. The fourth-order valence-corrected chi connectivity index (χ4v) is 1.51. The van der Waals surface area contributed by atoms with Crippen LogP contribution in [0.4, 0.5) is 4.39 Å². The van der Waals surface area contributed by atoms with Gasteiger partial charge >= 0.3 is 0 Å². The first-order chi connectivity index (χ1) is 7.15. The highest BCUT2D eigenvalue weighted by Crippen LogP contribution is 2.20. The maximum Gasteiger partial charge on any atom is 0.141 e. The molecule has 0 radical (unpaired) electrons. The van der Waals surface area contributed by atoms with E-state index < -0.39 is 0 Å². The number of halogens is 2. The second kappa shape index (κ2) is 6.05. The van der Waals surface area contributed by atoms with E-state index in [4.69, 9.17) is 17.3 Å². The molecule has 15 heavy (non-hydrogen) atoms. The zero-order valence-corrected chi connectivity index (χ0v) is 9.52. The molecule has 0 aliphatic heterocycles. The third-order valence-electron chi connectivity index (χ3n) is 2.28. The van der Waals surface area contributed by atoms with Gasteiger partial charge < -0.3 is 11.1 Å². The van der Waals surface area contributed by atoms with Gasteiger partial charge in [-0.25, -0.2) is 4.39 Å². The topological polar surface area (TPSA) is 38.0 Å². The molecule has 1 aromatic carbocycles. The summed E-state index contributed by atoms with van der Waals surface area (Å²) in [6.45, 7) is 3.54. The van der Waals surface area contributed by atoms with E-state index in [0.29, 0.717) is 6.54 Å². The van der Waals surface area contributed by atoms with Gasteiger partial charge in [0.25, 0.3) is 0 Å². The summed E-state index contributed by atoms with van der Waals surface area (Å²) in [7, 11) is 0. The van der Waals surface area contributed by atoms with Crippen LogP contribution in [-0.2, 0) is 0 Å². The van der Waals surface area contributed by atoms with Crippen LogP contribution in [0.1, 0.15) is 24.9 Å². The van der Waals surface area contributed by atoms with Crippen molar-refractivity contribution in [3.63, 3.8) is 0 Å². The maximum absolute atomic E-state index is 12.9. The Hall–Kier alpha value is -0.640. The van der Waals surface area contributed by atoms with Gasteiger partial charge in [0.15, 0.2) is 0 Å². The molecule has 0 aromatic heterocycles. The third kappa shape index (κ3) is 3.78. The Labute approximate surface area is 94.6 Å². The normalized spacial score (nSPS) is 12.8. The number of rotatable bonds is 5. The molecule has 1 aromatic rings. The number of nitrogens with one attached hydrogen (secondary N) is 1. The molecule has 0 aliphatic rings. The summed E-state index contributed by atoms with van der Waals surface area (Å²) in [6.07, 6.45) is 0.930. The van der Waals surface area contributed by atoms with Crippen LogP contribution in [0.15, 0.2) is 18.2 Å². The van der Waals surface area contributed by atoms with Gasteiger partial charge in [-0.3, -0.25) is 0 Å². The second-order valence-corrected chi connectivity index (χ2v) is 3.90. The molecule has 3 N–H and O–H groups in total. The van der Waals surface area contributed by atoms with Crippen molar-refractivity contribution in [1.29, 1.82) is 0 Å². The highest BCUT2D eigenvalue weighted by Gasteiger charge is 2.06. The fourth-order valence-electron chi connectivity index (χ4n) is 1.32. The second-order valence-electron chi connectivity index (χ2n) is 3.49. The van der Waals surface area contributed by atoms with Crippen molar-refractivity contribution >= 4 is 11.6 Å². The molecule has 1 unspecified atom stereocenters. The zero-order chi connectivity index (χ0) is 11.3. The van der Waals surface area contributed by atoms with Crippen LogP contribution in [0.3, 0.4) is 0 Å². The zero-order valence-electron chi connectivity index (χ0n) is 8.76. The number of benzene rings is 1. The van der Waals surface area contributed by atoms with E-state index in [1.165, 1.54) is 6.07 Å². The summed E-state index contributed by atoms with van der Waals surface area (Å²) in [5.74, 6) is -0.380. The molecule has 0 saturated heterocycles. The largest absolute Gasteiger partial charge is 0.330 e. The highest BCUT2D eigenvalue weighted by atomic mass is 35.5. The summed E-state index contributed by atoms with van der Waals surface area (Å²) in [5.41, 5.74) is 6.37. The lowest BCUT2D eigenvalue weighted by Gasteiger charge is -2.14. The van der Waals surface area contributed by atoms with E-state index in [-0.39, 0.29) is 16.9 Å². The smallest absolute Gasteiger partial charge is 0.141 e. The summed E-state index contributed by atoms with van der Waals surface area (Å²) < 4.78 is 12.9. The van der Waals surface area contributed by atoms with E-state index in [9.17, 15) is 4.39 Å². The first-order valence-corrected chi connectivity index (χ1v) is 5.41. The molecule has 0 bridgehead atoms. The van der Waals surface area contributed by atoms with Gasteiger partial charge in [0.05, 0.1) is 5.02 Å². The lowest BCUT2D eigenvalue weighted by atomic mass is 10.1. The van der Waals surface area contributed by atoms with E-state index in [1.54, 1.807) is 12.1 Å². The first-order valence-electron chi connectivity index (χ1n) is 5.03. The third-order valence-corrected chi connectivity index (χ3v) is 2.56. The van der Waals surface area contributed by atoms with Crippen LogP contribution in [0.5, 0.6) is 0 Å². The molecular weight excluding hydrogens is 215 g/mol. The Kier molecular flexibility index (Phi) is 5.02. The summed E-state index contributed by atoms with van der Waals surface area (Å²) in [4.78, 5) is 0. The molecule has 0 saturated carbocycles. The van der Waals surface area contributed by atoms with Crippen molar-refractivity contribution in [2.24, 2.45) is 5.73 Å². The Morgan fingerprint density at radius 3 is 2.87 bits per heavy atom. The van der Waals surface area contributed by atoms with Crippen LogP contribution < -0.4 is 11.1 Å². The van der Waals surface area contributed by atoms with Gasteiger partial charge in [-0.2, -0.15) is 0 Å². The van der Waals surface area contributed by atoms with Crippen LogP contribution in [0.25, 0.3) is 0 Å². The van der Waals surface area contributed by atoms with E-state index >= 15 is 0 Å². The van der Waals surface area contributed by atoms with Crippen LogP contribution in [0, 0.1) is 5.82 Å². The minimum Gasteiger partial charge on any atom is -0.330 e. The van der Waals surface area contributed by atoms with Crippen molar-refractivity contribution < 1.29 is 4.39 Å². The van der Waals surface area contributed by atoms with Crippen molar-refractivity contribution in [3.05, 3.63) is 34.6 Å². The average Bonchev–Trinajstić information content (AvgIpc) is 2.22. The van der Waals surface area contributed by atoms with Gasteiger partial charge in [0, 0.05) is 6.04 Å². The Morgan fingerprint density at radius 1 is 1.53 bits per heavy atom. The molecule has 84 valence electrons. The minimum atomic E-state index is -0.380. The number of hydrogen-bond donors (Lipinski definition) is 2. The van der Waals surface area contributed by atoms with E-state index in [2.05, 4.69) is 5.32 Å². The molecule has 0 amide bonds. The van der Waals surface area contributed by atoms with Gasteiger partial charge in [-0.15, -0.1) is 0 Å². The first kappa shape index (κ1) is 12.4. The van der Waals surface area contributed by atoms with Gasteiger partial charge in [0.1, 0.15) is 5.82 Å². The lowest BCUT2D eigenvalue weighted by molar-refractivity contribution is 0.559.